The van der Waals surface area contributed by atoms with Crippen molar-refractivity contribution < 1.29 is 9.49 Å². The monoisotopic (exact) mass is 195 g/mol. The summed E-state index contributed by atoms with van der Waals surface area (Å²) in [5.41, 5.74) is -0.844. The Balaban J connectivity index is 2.53. The van der Waals surface area contributed by atoms with Crippen molar-refractivity contribution in [3.63, 3.8) is 0 Å². The number of aromatic nitrogens is 1. The Bertz CT molecular complexity index is 309. The van der Waals surface area contributed by atoms with Crippen LogP contribution in [-0.4, -0.2) is 10.5 Å². The molecular formula is C10H15N2O2+. The van der Waals surface area contributed by atoms with Crippen LogP contribution in [0.4, 0.5) is 0 Å². The first-order valence-corrected chi connectivity index (χ1v) is 4.61. The van der Waals surface area contributed by atoms with Gasteiger partial charge in [0.25, 0.3) is 0 Å². The molecule has 0 atom stereocenters. The molecule has 0 radical (unpaired) electrons. The van der Waals surface area contributed by atoms with Crippen LogP contribution in [0.5, 0.6) is 0 Å². The van der Waals surface area contributed by atoms with E-state index in [2.05, 4.69) is 0 Å². The van der Waals surface area contributed by atoms with Gasteiger partial charge in [0, 0.05) is 30.9 Å². The zero-order valence-corrected chi connectivity index (χ0v) is 8.51. The molecule has 0 bridgehead atoms. The van der Waals surface area contributed by atoms with Crippen molar-refractivity contribution in [3.8, 4) is 0 Å². The number of hydrogen-bond donors (Lipinski definition) is 0. The Morgan fingerprint density at radius 1 is 1.29 bits per heavy atom. The summed E-state index contributed by atoms with van der Waals surface area (Å²) in [6.45, 7) is 3.97. The normalized spacial score (nSPS) is 11.3. The molecule has 1 aromatic heterocycles. The lowest BCUT2D eigenvalue weighted by atomic mass is 10.0. The molecule has 0 N–H and O–H groups in total. The Labute approximate surface area is 83.3 Å². The Kier molecular flexibility index (Phi) is 3.17. The summed E-state index contributed by atoms with van der Waals surface area (Å²) in [7, 11) is 0. The summed E-state index contributed by atoms with van der Waals surface area (Å²) in [5.74, 6) is 0. The molecule has 14 heavy (non-hydrogen) atoms. The fourth-order valence-corrected chi connectivity index (χ4v) is 1.08. The fourth-order valence-electron chi connectivity index (χ4n) is 1.08. The number of aryl methyl sites for hydroxylation is 1. The average molecular weight is 195 g/mol. The lowest BCUT2D eigenvalue weighted by molar-refractivity contribution is -0.705. The molecule has 1 heterocycles. The molecule has 1 rings (SSSR count). The number of nitro groups is 1. The third-order valence-electron chi connectivity index (χ3n) is 2.25. The van der Waals surface area contributed by atoms with Gasteiger partial charge in [-0.2, -0.15) is 0 Å². The minimum Gasteiger partial charge on any atom is -0.264 e. The minimum atomic E-state index is -0.844. The van der Waals surface area contributed by atoms with Gasteiger partial charge in [0.2, 0.25) is 5.54 Å². The van der Waals surface area contributed by atoms with Crippen molar-refractivity contribution in [2.75, 3.05) is 0 Å². The maximum absolute atomic E-state index is 10.6. The van der Waals surface area contributed by atoms with E-state index in [9.17, 15) is 10.1 Å². The van der Waals surface area contributed by atoms with E-state index in [1.807, 2.05) is 35.2 Å². The highest BCUT2D eigenvalue weighted by molar-refractivity contribution is 4.83. The number of hydrogen-bond acceptors (Lipinski definition) is 2. The van der Waals surface area contributed by atoms with E-state index in [4.69, 9.17) is 0 Å². The maximum Gasteiger partial charge on any atom is 0.222 e. The van der Waals surface area contributed by atoms with E-state index in [1.54, 1.807) is 13.8 Å². The van der Waals surface area contributed by atoms with Gasteiger partial charge >= 0.3 is 0 Å². The van der Waals surface area contributed by atoms with E-state index < -0.39 is 5.54 Å². The Morgan fingerprint density at radius 3 is 2.36 bits per heavy atom. The topological polar surface area (TPSA) is 47.0 Å². The molecule has 1 aromatic rings. The van der Waals surface area contributed by atoms with Gasteiger partial charge in [-0.05, 0) is 0 Å². The maximum atomic E-state index is 10.6. The first kappa shape index (κ1) is 10.6. The molecule has 0 aliphatic heterocycles. The van der Waals surface area contributed by atoms with Crippen LogP contribution in [0.15, 0.2) is 30.6 Å². The molecule has 0 spiro atoms. The third-order valence-corrected chi connectivity index (χ3v) is 2.25. The van der Waals surface area contributed by atoms with Crippen molar-refractivity contribution >= 4 is 0 Å². The van der Waals surface area contributed by atoms with Crippen LogP contribution in [-0.2, 0) is 6.54 Å². The predicted octanol–water partition coefficient (Wildman–Crippen LogP) is 1.42. The van der Waals surface area contributed by atoms with E-state index in [1.165, 1.54) is 0 Å². The quantitative estimate of drug-likeness (QED) is 0.414. The van der Waals surface area contributed by atoms with Gasteiger partial charge in [-0.1, -0.05) is 6.07 Å². The van der Waals surface area contributed by atoms with Crippen LogP contribution in [0.3, 0.4) is 0 Å². The summed E-state index contributed by atoms with van der Waals surface area (Å²) in [5, 5.41) is 10.6. The third kappa shape index (κ3) is 2.80. The number of pyridine rings is 1. The lowest BCUT2D eigenvalue weighted by Gasteiger charge is -2.12. The zero-order valence-electron chi connectivity index (χ0n) is 8.51. The first-order valence-electron chi connectivity index (χ1n) is 4.61. The molecule has 0 saturated heterocycles. The summed E-state index contributed by atoms with van der Waals surface area (Å²) < 4.78 is 1.95. The largest absolute Gasteiger partial charge is 0.264 e. The van der Waals surface area contributed by atoms with Gasteiger partial charge in [0.05, 0.1) is 6.42 Å². The molecule has 4 heteroatoms. The van der Waals surface area contributed by atoms with Crippen LogP contribution < -0.4 is 4.57 Å². The zero-order chi connectivity index (χ0) is 10.6. The lowest BCUT2D eigenvalue weighted by Crippen LogP contribution is -2.40. The minimum absolute atomic E-state index is 0.226. The molecule has 0 aliphatic carbocycles. The average Bonchev–Trinajstić information content (AvgIpc) is 2.16. The van der Waals surface area contributed by atoms with E-state index in [-0.39, 0.29) is 4.92 Å². The predicted molar refractivity (Wildman–Crippen MR) is 52.3 cm³/mol. The Hall–Kier alpha value is -1.45. The van der Waals surface area contributed by atoms with Crippen molar-refractivity contribution in [2.45, 2.75) is 32.4 Å². The highest BCUT2D eigenvalue weighted by atomic mass is 16.6. The van der Waals surface area contributed by atoms with Crippen molar-refractivity contribution in [3.05, 3.63) is 40.7 Å². The van der Waals surface area contributed by atoms with Crippen molar-refractivity contribution in [1.82, 2.24) is 0 Å². The van der Waals surface area contributed by atoms with Gasteiger partial charge in [0.1, 0.15) is 0 Å². The Morgan fingerprint density at radius 2 is 1.86 bits per heavy atom. The summed E-state index contributed by atoms with van der Waals surface area (Å²) in [6.07, 6.45) is 4.36. The molecule has 0 saturated carbocycles. The molecule has 0 amide bonds. The molecule has 4 nitrogen and oxygen atoms in total. The second-order valence-corrected chi connectivity index (χ2v) is 3.93. The van der Waals surface area contributed by atoms with Gasteiger partial charge in [-0.3, -0.25) is 10.1 Å². The fraction of sp³-hybridized carbons (Fsp3) is 0.500. The van der Waals surface area contributed by atoms with Crippen molar-refractivity contribution in [2.24, 2.45) is 0 Å². The van der Waals surface area contributed by atoms with E-state index in [0.29, 0.717) is 13.0 Å². The number of nitrogens with zero attached hydrogens (tertiary/aromatic N) is 2. The van der Waals surface area contributed by atoms with Crippen LogP contribution >= 0.6 is 0 Å². The number of rotatable bonds is 4. The molecule has 0 aliphatic rings. The molecule has 76 valence electrons. The van der Waals surface area contributed by atoms with Crippen LogP contribution in [0.2, 0.25) is 0 Å². The van der Waals surface area contributed by atoms with Crippen LogP contribution in [0.25, 0.3) is 0 Å². The second-order valence-electron chi connectivity index (χ2n) is 3.93. The second kappa shape index (κ2) is 4.17. The molecule has 0 fully saturated rings. The van der Waals surface area contributed by atoms with Gasteiger partial charge in [0.15, 0.2) is 18.9 Å². The first-order chi connectivity index (χ1) is 6.52. The highest BCUT2D eigenvalue weighted by Gasteiger charge is 2.31. The van der Waals surface area contributed by atoms with Crippen LogP contribution in [0, 0.1) is 10.1 Å². The van der Waals surface area contributed by atoms with E-state index in [0.717, 1.165) is 0 Å². The smallest absolute Gasteiger partial charge is 0.222 e. The standard InChI is InChI=1S/C10H15N2O2/c1-10(2,12(13)14)6-9-11-7-4-3-5-8-11/h3-5,7-8H,6,9H2,1-2H3/q+1. The van der Waals surface area contributed by atoms with E-state index >= 15 is 0 Å². The summed E-state index contributed by atoms with van der Waals surface area (Å²) in [4.78, 5) is 10.4. The van der Waals surface area contributed by atoms with Gasteiger partial charge < -0.3 is 0 Å². The highest BCUT2D eigenvalue weighted by Crippen LogP contribution is 2.12. The van der Waals surface area contributed by atoms with Gasteiger partial charge in [-0.25, -0.2) is 4.57 Å². The molecule has 0 unspecified atom stereocenters. The molecule has 0 aromatic carbocycles. The summed E-state index contributed by atoms with van der Waals surface area (Å²) >= 11 is 0. The van der Waals surface area contributed by atoms with Crippen LogP contribution in [0.1, 0.15) is 20.3 Å². The van der Waals surface area contributed by atoms with Gasteiger partial charge in [-0.15, -0.1) is 0 Å². The molecular weight excluding hydrogens is 180 g/mol. The van der Waals surface area contributed by atoms with Crippen molar-refractivity contribution in [1.29, 1.82) is 0 Å². The summed E-state index contributed by atoms with van der Waals surface area (Å²) in [6, 6.07) is 5.76. The SMILES string of the molecule is CC(C)(CC[n+]1ccccc1)[N+](=O)[O-].